The highest BCUT2D eigenvalue weighted by Gasteiger charge is 2.30. The molecule has 23 heavy (non-hydrogen) atoms. The van der Waals surface area contributed by atoms with Crippen molar-refractivity contribution in [3.05, 3.63) is 54.1 Å². The SMILES string of the molecule is O=C(O)COc1ccc(S(=O)(=O)N2CCc3ccccc32)cc1. The van der Waals surface area contributed by atoms with Crippen LogP contribution in [0.2, 0.25) is 0 Å². The summed E-state index contributed by atoms with van der Waals surface area (Å²) in [6, 6.07) is 13.2. The lowest BCUT2D eigenvalue weighted by molar-refractivity contribution is -0.139. The van der Waals surface area contributed by atoms with Gasteiger partial charge in [0, 0.05) is 6.54 Å². The van der Waals surface area contributed by atoms with Gasteiger partial charge in [-0.3, -0.25) is 4.31 Å². The molecule has 0 saturated carbocycles. The first-order valence-electron chi connectivity index (χ1n) is 7.04. The maximum Gasteiger partial charge on any atom is 0.341 e. The number of carbonyl (C=O) groups is 1. The molecule has 2 aromatic carbocycles. The lowest BCUT2D eigenvalue weighted by atomic mass is 10.2. The first kappa shape index (κ1) is 15.4. The molecule has 0 aliphatic carbocycles. The number of rotatable bonds is 5. The molecule has 0 atom stereocenters. The number of ether oxygens (including phenoxy) is 1. The summed E-state index contributed by atoms with van der Waals surface area (Å²) in [4.78, 5) is 10.6. The molecule has 6 nitrogen and oxygen atoms in total. The van der Waals surface area contributed by atoms with Crippen LogP contribution in [0.4, 0.5) is 5.69 Å². The lowest BCUT2D eigenvalue weighted by Gasteiger charge is -2.19. The van der Waals surface area contributed by atoms with Crippen molar-refractivity contribution in [2.24, 2.45) is 0 Å². The first-order valence-corrected chi connectivity index (χ1v) is 8.48. The maximum atomic E-state index is 12.8. The van der Waals surface area contributed by atoms with Gasteiger partial charge in [0.2, 0.25) is 0 Å². The van der Waals surface area contributed by atoms with E-state index in [1.54, 1.807) is 6.07 Å². The minimum Gasteiger partial charge on any atom is -0.482 e. The van der Waals surface area contributed by atoms with Crippen LogP contribution >= 0.6 is 0 Å². The molecule has 0 radical (unpaired) electrons. The molecule has 3 rings (SSSR count). The fourth-order valence-electron chi connectivity index (χ4n) is 2.54. The third kappa shape index (κ3) is 3.00. The van der Waals surface area contributed by atoms with Gasteiger partial charge in [-0.1, -0.05) is 18.2 Å². The highest BCUT2D eigenvalue weighted by Crippen LogP contribution is 2.32. The van der Waals surface area contributed by atoms with Crippen molar-refractivity contribution in [2.45, 2.75) is 11.3 Å². The van der Waals surface area contributed by atoms with Crippen molar-refractivity contribution in [3.63, 3.8) is 0 Å². The molecule has 2 aromatic rings. The molecular weight excluding hydrogens is 318 g/mol. The number of fused-ring (bicyclic) bond motifs is 1. The van der Waals surface area contributed by atoms with Gasteiger partial charge in [-0.25, -0.2) is 13.2 Å². The third-order valence-electron chi connectivity index (χ3n) is 3.62. The summed E-state index contributed by atoms with van der Waals surface area (Å²) < 4.78 is 31.9. The molecule has 0 fully saturated rings. The number of hydrogen-bond acceptors (Lipinski definition) is 4. The summed E-state index contributed by atoms with van der Waals surface area (Å²) in [5.41, 5.74) is 1.72. The molecule has 0 saturated heterocycles. The Morgan fingerprint density at radius 1 is 1.13 bits per heavy atom. The molecular formula is C16H15NO5S. The van der Waals surface area contributed by atoms with E-state index >= 15 is 0 Å². The predicted molar refractivity (Wildman–Crippen MR) is 84.3 cm³/mol. The van der Waals surface area contributed by atoms with Gasteiger partial charge in [0.15, 0.2) is 6.61 Å². The second-order valence-electron chi connectivity index (χ2n) is 5.11. The van der Waals surface area contributed by atoms with Crippen molar-refractivity contribution in [1.29, 1.82) is 0 Å². The standard InChI is InChI=1S/C16H15NO5S/c18-16(19)11-22-13-5-7-14(8-6-13)23(20,21)17-10-9-12-3-1-2-4-15(12)17/h1-8H,9-11H2,(H,18,19). The maximum absolute atomic E-state index is 12.8. The fraction of sp³-hybridized carbons (Fsp3) is 0.188. The van der Waals surface area contributed by atoms with Crippen molar-refractivity contribution in [1.82, 2.24) is 0 Å². The van der Waals surface area contributed by atoms with Crippen LogP contribution in [0.25, 0.3) is 0 Å². The molecule has 0 aromatic heterocycles. The Morgan fingerprint density at radius 2 is 1.83 bits per heavy atom. The van der Waals surface area contributed by atoms with Crippen LogP contribution < -0.4 is 9.04 Å². The van der Waals surface area contributed by atoms with E-state index in [1.165, 1.54) is 28.6 Å². The largest absolute Gasteiger partial charge is 0.482 e. The monoisotopic (exact) mass is 333 g/mol. The molecule has 120 valence electrons. The Hall–Kier alpha value is -2.54. The van der Waals surface area contributed by atoms with E-state index in [9.17, 15) is 13.2 Å². The van der Waals surface area contributed by atoms with Gasteiger partial charge >= 0.3 is 5.97 Å². The Morgan fingerprint density at radius 3 is 2.52 bits per heavy atom. The highest BCUT2D eigenvalue weighted by molar-refractivity contribution is 7.92. The van der Waals surface area contributed by atoms with E-state index in [4.69, 9.17) is 9.84 Å². The Balaban J connectivity index is 1.85. The minimum absolute atomic E-state index is 0.150. The van der Waals surface area contributed by atoms with Gasteiger partial charge in [-0.15, -0.1) is 0 Å². The van der Waals surface area contributed by atoms with Crippen molar-refractivity contribution in [3.8, 4) is 5.75 Å². The topological polar surface area (TPSA) is 83.9 Å². The molecule has 0 unspecified atom stereocenters. The number of para-hydroxylation sites is 1. The molecule has 0 spiro atoms. The van der Waals surface area contributed by atoms with E-state index in [2.05, 4.69) is 0 Å². The zero-order valence-electron chi connectivity index (χ0n) is 12.2. The summed E-state index contributed by atoms with van der Waals surface area (Å²) in [6.07, 6.45) is 0.690. The molecule has 1 heterocycles. The number of aliphatic carboxylic acids is 1. The normalized spacial score (nSPS) is 13.7. The number of nitrogens with zero attached hydrogens (tertiary/aromatic N) is 1. The molecule has 1 aliphatic heterocycles. The Bertz CT molecular complexity index is 830. The molecule has 1 aliphatic rings. The molecule has 0 amide bonds. The van der Waals surface area contributed by atoms with E-state index in [-0.39, 0.29) is 4.90 Å². The highest BCUT2D eigenvalue weighted by atomic mass is 32.2. The summed E-state index contributed by atoms with van der Waals surface area (Å²) in [5.74, 6) is -0.774. The van der Waals surface area contributed by atoms with E-state index in [0.717, 1.165) is 5.56 Å². The summed E-state index contributed by atoms with van der Waals surface area (Å²) in [6.45, 7) is -0.0510. The number of benzene rings is 2. The zero-order valence-corrected chi connectivity index (χ0v) is 13.0. The van der Waals surface area contributed by atoms with Gasteiger partial charge in [-0.2, -0.15) is 0 Å². The third-order valence-corrected chi connectivity index (χ3v) is 5.45. The van der Waals surface area contributed by atoms with E-state index in [0.29, 0.717) is 24.4 Å². The van der Waals surface area contributed by atoms with Crippen molar-refractivity contribution in [2.75, 3.05) is 17.5 Å². The number of carboxylic acids is 1. The smallest absolute Gasteiger partial charge is 0.341 e. The number of anilines is 1. The van der Waals surface area contributed by atoms with Crippen LogP contribution in [0.5, 0.6) is 5.75 Å². The lowest BCUT2D eigenvalue weighted by Crippen LogP contribution is -2.29. The van der Waals surface area contributed by atoms with Crippen LogP contribution in [0.15, 0.2) is 53.4 Å². The van der Waals surface area contributed by atoms with Crippen molar-refractivity contribution < 1.29 is 23.1 Å². The number of hydrogen-bond donors (Lipinski definition) is 1. The molecule has 7 heteroatoms. The number of carboxylic acid groups (broad SMARTS) is 1. The quantitative estimate of drug-likeness (QED) is 0.903. The second kappa shape index (κ2) is 5.92. The Kier molecular flexibility index (Phi) is 3.96. The molecule has 1 N–H and O–H groups in total. The first-order chi connectivity index (χ1) is 11.0. The molecule has 0 bridgehead atoms. The number of sulfonamides is 1. The van der Waals surface area contributed by atoms with Crippen molar-refractivity contribution >= 4 is 21.7 Å². The van der Waals surface area contributed by atoms with Gasteiger partial charge in [0.1, 0.15) is 5.75 Å². The fourth-order valence-corrected chi connectivity index (χ4v) is 4.04. The van der Waals surface area contributed by atoms with Crippen LogP contribution in [-0.2, 0) is 21.2 Å². The average Bonchev–Trinajstić information content (AvgIpc) is 2.98. The summed E-state index contributed by atoms with van der Waals surface area (Å²) in [7, 11) is -3.64. The van der Waals surface area contributed by atoms with Crippen LogP contribution in [0, 0.1) is 0 Å². The Labute approximate surface area is 134 Å². The van der Waals surface area contributed by atoms with Gasteiger partial charge in [0.05, 0.1) is 10.6 Å². The van der Waals surface area contributed by atoms with Gasteiger partial charge in [-0.05, 0) is 42.3 Å². The van der Waals surface area contributed by atoms with Gasteiger partial charge < -0.3 is 9.84 Å². The van der Waals surface area contributed by atoms with Crippen LogP contribution in [0.1, 0.15) is 5.56 Å². The zero-order chi connectivity index (χ0) is 16.4. The summed E-state index contributed by atoms with van der Waals surface area (Å²) >= 11 is 0. The van der Waals surface area contributed by atoms with Gasteiger partial charge in [0.25, 0.3) is 10.0 Å². The van der Waals surface area contributed by atoms with E-state index < -0.39 is 22.6 Å². The minimum atomic E-state index is -3.64. The summed E-state index contributed by atoms with van der Waals surface area (Å²) in [5, 5.41) is 8.57. The second-order valence-corrected chi connectivity index (χ2v) is 6.97. The average molecular weight is 333 g/mol. The van der Waals surface area contributed by atoms with E-state index in [1.807, 2.05) is 18.2 Å². The van der Waals surface area contributed by atoms with Crippen LogP contribution in [0.3, 0.4) is 0 Å². The predicted octanol–water partition coefficient (Wildman–Crippen LogP) is 1.90. The van der Waals surface area contributed by atoms with Crippen LogP contribution in [-0.4, -0.2) is 32.6 Å².